The summed E-state index contributed by atoms with van der Waals surface area (Å²) in [6.07, 6.45) is 0. The number of thiophene rings is 1. The minimum Gasteiger partial charge on any atom is -0.310 e. The molecular formula is C47H33NS. The molecule has 0 bridgehead atoms. The molecule has 49 heavy (non-hydrogen) atoms. The molecule has 1 aliphatic carbocycles. The Balaban J connectivity index is 1.24. The lowest BCUT2D eigenvalue weighted by Gasteiger charge is -2.29. The number of rotatable bonds is 4. The van der Waals surface area contributed by atoms with Crippen LogP contribution in [0.2, 0.25) is 0 Å². The second-order valence-electron chi connectivity index (χ2n) is 13.7. The van der Waals surface area contributed by atoms with Crippen molar-refractivity contribution in [2.45, 2.75) is 19.3 Å². The monoisotopic (exact) mass is 643 g/mol. The Hall–Kier alpha value is -5.70. The fourth-order valence-electron chi connectivity index (χ4n) is 8.23. The van der Waals surface area contributed by atoms with Gasteiger partial charge in [0.05, 0.1) is 5.69 Å². The summed E-state index contributed by atoms with van der Waals surface area (Å²) in [7, 11) is 0. The SMILES string of the molecule is CC1(C)c2ccc(N(c3ccc(-c4ccccc4)cc3)c3cc4ccccc4c4ccccc34)cc2-c2c1ccc1c2sc2ccccc21. The van der Waals surface area contributed by atoms with Crippen molar-refractivity contribution in [3.63, 3.8) is 0 Å². The Morgan fingerprint density at radius 1 is 0.469 bits per heavy atom. The van der Waals surface area contributed by atoms with Gasteiger partial charge in [0.2, 0.25) is 0 Å². The lowest BCUT2D eigenvalue weighted by Crippen LogP contribution is -2.15. The van der Waals surface area contributed by atoms with Crippen molar-refractivity contribution in [1.82, 2.24) is 0 Å². The molecule has 0 amide bonds. The van der Waals surface area contributed by atoms with Crippen LogP contribution >= 0.6 is 11.3 Å². The van der Waals surface area contributed by atoms with Crippen molar-refractivity contribution in [2.24, 2.45) is 0 Å². The summed E-state index contributed by atoms with van der Waals surface area (Å²) in [6.45, 7) is 4.76. The molecule has 232 valence electrons. The molecule has 0 spiro atoms. The second kappa shape index (κ2) is 10.7. The van der Waals surface area contributed by atoms with Crippen LogP contribution in [0.25, 0.3) is 64.0 Å². The van der Waals surface area contributed by atoms with Gasteiger partial charge in [0.25, 0.3) is 0 Å². The van der Waals surface area contributed by atoms with Gasteiger partial charge in [-0.15, -0.1) is 11.3 Å². The number of benzene rings is 8. The van der Waals surface area contributed by atoms with E-state index in [9.17, 15) is 0 Å². The summed E-state index contributed by atoms with van der Waals surface area (Å²) in [5, 5.41) is 7.71. The highest BCUT2D eigenvalue weighted by atomic mass is 32.1. The molecule has 0 saturated heterocycles. The Morgan fingerprint density at radius 3 is 1.92 bits per heavy atom. The number of hydrogen-bond donors (Lipinski definition) is 0. The molecule has 8 aromatic carbocycles. The zero-order valence-corrected chi connectivity index (χ0v) is 28.3. The van der Waals surface area contributed by atoms with Gasteiger partial charge in [-0.2, -0.15) is 0 Å². The minimum atomic E-state index is -0.0919. The van der Waals surface area contributed by atoms with Crippen molar-refractivity contribution in [2.75, 3.05) is 4.90 Å². The highest BCUT2D eigenvalue weighted by molar-refractivity contribution is 7.26. The maximum absolute atomic E-state index is 2.47. The molecule has 0 radical (unpaired) electrons. The van der Waals surface area contributed by atoms with E-state index < -0.39 is 0 Å². The fraction of sp³-hybridized carbons (Fsp3) is 0.0638. The van der Waals surface area contributed by atoms with Gasteiger partial charge in [-0.25, -0.2) is 0 Å². The fourth-order valence-corrected chi connectivity index (χ4v) is 9.49. The van der Waals surface area contributed by atoms with Gasteiger partial charge in [0, 0.05) is 47.9 Å². The van der Waals surface area contributed by atoms with Crippen LogP contribution in [0.15, 0.2) is 164 Å². The Labute approximate surface area is 290 Å². The van der Waals surface area contributed by atoms with Gasteiger partial charge in [-0.1, -0.05) is 141 Å². The summed E-state index contributed by atoms with van der Waals surface area (Å²) < 4.78 is 2.73. The molecule has 0 saturated carbocycles. The van der Waals surface area contributed by atoms with E-state index in [0.717, 1.165) is 11.4 Å². The topological polar surface area (TPSA) is 3.24 Å². The highest BCUT2D eigenvalue weighted by Crippen LogP contribution is 2.55. The van der Waals surface area contributed by atoms with Crippen LogP contribution in [0, 0.1) is 0 Å². The first-order valence-electron chi connectivity index (χ1n) is 17.0. The van der Waals surface area contributed by atoms with E-state index in [4.69, 9.17) is 0 Å². The van der Waals surface area contributed by atoms with Crippen LogP contribution < -0.4 is 4.90 Å². The van der Waals surface area contributed by atoms with Crippen LogP contribution in [-0.2, 0) is 5.41 Å². The first kappa shape index (κ1) is 28.3. The first-order valence-corrected chi connectivity index (χ1v) is 17.8. The van der Waals surface area contributed by atoms with E-state index in [-0.39, 0.29) is 5.41 Å². The predicted octanol–water partition coefficient (Wildman–Crippen LogP) is 13.8. The standard InChI is InChI=1S/C47H33NS/c1-47(2)41-26-24-34(29-40(41)45-42(47)27-25-39-38-18-10-11-19-44(38)49-46(39)45)48(33-22-20-31(21-23-33)30-12-4-3-5-13-30)43-28-32-14-6-7-15-35(32)36-16-8-9-17-37(36)43/h3-29H,1-2H3. The van der Waals surface area contributed by atoms with E-state index >= 15 is 0 Å². The predicted molar refractivity (Wildman–Crippen MR) is 212 cm³/mol. The molecule has 1 nitrogen and oxygen atoms in total. The van der Waals surface area contributed by atoms with Crippen molar-refractivity contribution < 1.29 is 0 Å². The van der Waals surface area contributed by atoms with Gasteiger partial charge in [-0.3, -0.25) is 0 Å². The third-order valence-electron chi connectivity index (χ3n) is 10.6. The number of hydrogen-bond acceptors (Lipinski definition) is 2. The van der Waals surface area contributed by atoms with Crippen LogP contribution in [0.3, 0.4) is 0 Å². The van der Waals surface area contributed by atoms with Gasteiger partial charge < -0.3 is 4.90 Å². The summed E-state index contributed by atoms with van der Waals surface area (Å²) in [4.78, 5) is 2.47. The van der Waals surface area contributed by atoms with Gasteiger partial charge in [0.15, 0.2) is 0 Å². The quantitative estimate of drug-likeness (QED) is 0.173. The molecule has 0 fully saturated rings. The van der Waals surface area contributed by atoms with Crippen LogP contribution in [0.4, 0.5) is 17.1 Å². The highest BCUT2D eigenvalue weighted by Gasteiger charge is 2.37. The normalized spacial score (nSPS) is 13.3. The molecule has 0 atom stereocenters. The number of anilines is 3. The number of fused-ring (bicyclic) bond motifs is 10. The molecule has 10 rings (SSSR count). The molecule has 9 aromatic rings. The van der Waals surface area contributed by atoms with Crippen LogP contribution in [0.1, 0.15) is 25.0 Å². The Kier molecular flexibility index (Phi) is 6.16. The van der Waals surface area contributed by atoms with E-state index in [0.29, 0.717) is 0 Å². The molecule has 1 aromatic heterocycles. The Morgan fingerprint density at radius 2 is 1.10 bits per heavy atom. The summed E-state index contributed by atoms with van der Waals surface area (Å²) in [5.41, 5.74) is 11.3. The summed E-state index contributed by atoms with van der Waals surface area (Å²) >= 11 is 1.93. The van der Waals surface area contributed by atoms with Crippen molar-refractivity contribution in [1.29, 1.82) is 0 Å². The maximum atomic E-state index is 2.47. The molecular weight excluding hydrogens is 611 g/mol. The molecule has 0 unspecified atom stereocenters. The molecule has 1 aliphatic rings. The maximum Gasteiger partial charge on any atom is 0.0546 e. The second-order valence-corrected chi connectivity index (χ2v) is 14.8. The van der Waals surface area contributed by atoms with E-state index in [2.05, 4.69) is 183 Å². The summed E-state index contributed by atoms with van der Waals surface area (Å²) in [6, 6.07) is 60.5. The van der Waals surface area contributed by atoms with Crippen LogP contribution in [-0.4, -0.2) is 0 Å². The zero-order chi connectivity index (χ0) is 32.7. The number of nitrogens with zero attached hydrogens (tertiary/aromatic N) is 1. The van der Waals surface area contributed by atoms with Crippen LogP contribution in [0.5, 0.6) is 0 Å². The third kappa shape index (κ3) is 4.24. The lowest BCUT2D eigenvalue weighted by molar-refractivity contribution is 0.661. The Bertz CT molecular complexity index is 2730. The lowest BCUT2D eigenvalue weighted by atomic mass is 9.82. The summed E-state index contributed by atoms with van der Waals surface area (Å²) in [5.74, 6) is 0. The molecule has 1 heterocycles. The van der Waals surface area contributed by atoms with Crippen molar-refractivity contribution >= 4 is 70.1 Å². The zero-order valence-electron chi connectivity index (χ0n) is 27.4. The van der Waals surface area contributed by atoms with E-state index in [1.807, 2.05) is 11.3 Å². The largest absolute Gasteiger partial charge is 0.310 e. The average molecular weight is 644 g/mol. The minimum absolute atomic E-state index is 0.0919. The van der Waals surface area contributed by atoms with Gasteiger partial charge >= 0.3 is 0 Å². The molecule has 0 N–H and O–H groups in total. The van der Waals surface area contributed by atoms with Gasteiger partial charge in [-0.05, 0) is 80.4 Å². The first-order chi connectivity index (χ1) is 24.1. The smallest absolute Gasteiger partial charge is 0.0546 e. The molecule has 2 heteroatoms. The van der Waals surface area contributed by atoms with Gasteiger partial charge in [0.1, 0.15) is 0 Å². The van der Waals surface area contributed by atoms with Crippen molar-refractivity contribution in [3.8, 4) is 22.3 Å². The van der Waals surface area contributed by atoms with E-state index in [1.54, 1.807) is 0 Å². The third-order valence-corrected chi connectivity index (χ3v) is 11.8. The van der Waals surface area contributed by atoms with Crippen molar-refractivity contribution in [3.05, 3.63) is 175 Å². The molecule has 0 aliphatic heterocycles. The van der Waals surface area contributed by atoms with E-state index in [1.165, 1.54) is 80.8 Å². The average Bonchev–Trinajstić information content (AvgIpc) is 3.64.